The SMILES string of the molecule is CCOC(=O)C(C)(C)S(=O)(=O)c1ccc([C@@H](C)N(C=O)c2cc3c(Cl)cc(C)cc3n2C)cc1. The normalized spacial score (nSPS) is 13.0. The van der Waals surface area contributed by atoms with Crippen LogP contribution in [0.5, 0.6) is 0 Å². The van der Waals surface area contributed by atoms with Crippen molar-refractivity contribution in [3.63, 3.8) is 0 Å². The molecule has 0 aliphatic rings. The number of anilines is 1. The highest BCUT2D eigenvalue weighted by molar-refractivity contribution is 7.93. The van der Waals surface area contributed by atoms with Gasteiger partial charge in [0.05, 0.1) is 28.1 Å². The van der Waals surface area contributed by atoms with Crippen LogP contribution in [0.3, 0.4) is 0 Å². The van der Waals surface area contributed by atoms with E-state index in [4.69, 9.17) is 16.3 Å². The fourth-order valence-electron chi connectivity index (χ4n) is 3.89. The second-order valence-electron chi connectivity index (χ2n) is 8.73. The van der Waals surface area contributed by atoms with E-state index >= 15 is 0 Å². The first-order valence-corrected chi connectivity index (χ1v) is 12.7. The van der Waals surface area contributed by atoms with Crippen molar-refractivity contribution in [1.29, 1.82) is 0 Å². The van der Waals surface area contributed by atoms with E-state index in [9.17, 15) is 18.0 Å². The molecule has 0 saturated heterocycles. The molecule has 0 spiro atoms. The molecular formula is C25H29ClN2O5S. The van der Waals surface area contributed by atoms with Gasteiger partial charge in [0.25, 0.3) is 0 Å². The van der Waals surface area contributed by atoms with Crippen LogP contribution in [-0.2, 0) is 31.2 Å². The van der Waals surface area contributed by atoms with E-state index in [-0.39, 0.29) is 11.5 Å². The van der Waals surface area contributed by atoms with Crippen LogP contribution in [0.15, 0.2) is 47.4 Å². The quantitative estimate of drug-likeness (QED) is 0.319. The van der Waals surface area contributed by atoms with E-state index in [2.05, 4.69) is 0 Å². The minimum atomic E-state index is -3.99. The van der Waals surface area contributed by atoms with Crippen LogP contribution in [0.2, 0.25) is 5.02 Å². The zero-order valence-electron chi connectivity index (χ0n) is 20.1. The van der Waals surface area contributed by atoms with Crippen molar-refractivity contribution in [2.75, 3.05) is 11.5 Å². The number of sulfone groups is 1. The van der Waals surface area contributed by atoms with Crippen LogP contribution >= 0.6 is 11.6 Å². The van der Waals surface area contributed by atoms with Gasteiger partial charge in [-0.1, -0.05) is 23.7 Å². The monoisotopic (exact) mass is 504 g/mol. The second kappa shape index (κ2) is 9.43. The maximum absolute atomic E-state index is 13.1. The van der Waals surface area contributed by atoms with Crippen LogP contribution in [0.4, 0.5) is 5.82 Å². The predicted octanol–water partition coefficient (Wildman–Crippen LogP) is 4.98. The molecule has 9 heteroatoms. The maximum atomic E-state index is 13.1. The van der Waals surface area contributed by atoms with Crippen molar-refractivity contribution in [3.8, 4) is 0 Å². The van der Waals surface area contributed by atoms with Gasteiger partial charge >= 0.3 is 5.97 Å². The summed E-state index contributed by atoms with van der Waals surface area (Å²) in [5, 5.41) is 1.44. The Balaban J connectivity index is 1.96. The molecule has 0 saturated carbocycles. The lowest BCUT2D eigenvalue weighted by molar-refractivity contribution is -0.145. The highest BCUT2D eigenvalue weighted by Crippen LogP contribution is 2.35. The molecule has 3 rings (SSSR count). The summed E-state index contributed by atoms with van der Waals surface area (Å²) >= 11 is 6.42. The molecule has 34 heavy (non-hydrogen) atoms. The van der Waals surface area contributed by atoms with Crippen LogP contribution in [0.25, 0.3) is 10.9 Å². The lowest BCUT2D eigenvalue weighted by Crippen LogP contribution is -2.42. The minimum absolute atomic E-state index is 0.00557. The number of aryl methyl sites for hydroxylation is 2. The van der Waals surface area contributed by atoms with E-state index in [1.807, 2.05) is 43.7 Å². The number of carbonyl (C=O) groups is 2. The van der Waals surface area contributed by atoms with Crippen molar-refractivity contribution in [1.82, 2.24) is 4.57 Å². The maximum Gasteiger partial charge on any atom is 0.327 e. The number of rotatable bonds is 8. The molecule has 1 heterocycles. The first-order chi connectivity index (χ1) is 15.9. The fraction of sp³-hybridized carbons (Fsp3) is 0.360. The van der Waals surface area contributed by atoms with Gasteiger partial charge in [0.2, 0.25) is 6.41 Å². The third kappa shape index (κ3) is 4.32. The summed E-state index contributed by atoms with van der Waals surface area (Å²) < 4.78 is 31.3. The Labute approximate surface area is 205 Å². The molecule has 1 atom stereocenters. The average molecular weight is 505 g/mol. The van der Waals surface area contributed by atoms with Gasteiger partial charge in [0.1, 0.15) is 5.82 Å². The van der Waals surface area contributed by atoms with Crippen LogP contribution in [0.1, 0.15) is 44.9 Å². The van der Waals surface area contributed by atoms with Gasteiger partial charge in [-0.2, -0.15) is 0 Å². The zero-order chi connectivity index (χ0) is 25.4. The Bertz CT molecular complexity index is 1340. The molecule has 0 radical (unpaired) electrons. The lowest BCUT2D eigenvalue weighted by Gasteiger charge is -2.26. The molecule has 2 aromatic carbocycles. The number of esters is 1. The molecule has 0 fully saturated rings. The lowest BCUT2D eigenvalue weighted by atomic mass is 10.1. The van der Waals surface area contributed by atoms with Crippen LogP contribution < -0.4 is 4.90 Å². The van der Waals surface area contributed by atoms with E-state index in [0.717, 1.165) is 28.4 Å². The molecule has 0 aliphatic heterocycles. The summed E-state index contributed by atoms with van der Waals surface area (Å²) in [5.74, 6) is -0.144. The Morgan fingerprint density at radius 2 is 1.82 bits per heavy atom. The molecule has 1 aromatic heterocycles. The number of fused-ring (bicyclic) bond motifs is 1. The Morgan fingerprint density at radius 1 is 1.21 bits per heavy atom. The minimum Gasteiger partial charge on any atom is -0.465 e. The van der Waals surface area contributed by atoms with E-state index in [1.54, 1.807) is 24.0 Å². The van der Waals surface area contributed by atoms with Gasteiger partial charge in [-0.25, -0.2) is 8.42 Å². The van der Waals surface area contributed by atoms with Crippen LogP contribution in [0, 0.1) is 6.92 Å². The van der Waals surface area contributed by atoms with E-state index in [1.165, 1.54) is 26.0 Å². The predicted molar refractivity (Wildman–Crippen MR) is 134 cm³/mol. The number of halogens is 1. The molecule has 0 unspecified atom stereocenters. The van der Waals surface area contributed by atoms with Crippen molar-refractivity contribution in [2.45, 2.75) is 50.3 Å². The molecule has 1 amide bonds. The standard InChI is InChI=1S/C25H29ClN2O5S/c1-7-33-24(30)25(4,5)34(31,32)19-10-8-18(9-11-19)17(3)28(15-29)23-14-20-21(26)12-16(2)13-22(20)27(23)6/h8-15,17H,7H2,1-6H3/t17-/m1/s1. The fourth-order valence-corrected chi connectivity index (χ4v) is 5.58. The number of hydrogen-bond acceptors (Lipinski definition) is 5. The Hall–Kier alpha value is -2.84. The van der Waals surface area contributed by atoms with Crippen molar-refractivity contribution < 1.29 is 22.7 Å². The second-order valence-corrected chi connectivity index (χ2v) is 11.6. The van der Waals surface area contributed by atoms with Crippen molar-refractivity contribution in [2.24, 2.45) is 7.05 Å². The Kier molecular flexibility index (Phi) is 7.15. The molecule has 182 valence electrons. The highest BCUT2D eigenvalue weighted by Gasteiger charge is 2.44. The third-order valence-electron chi connectivity index (χ3n) is 6.14. The number of hydrogen-bond donors (Lipinski definition) is 0. The summed E-state index contributed by atoms with van der Waals surface area (Å²) in [5.41, 5.74) is 2.65. The summed E-state index contributed by atoms with van der Waals surface area (Å²) in [6.45, 7) is 8.19. The van der Waals surface area contributed by atoms with Gasteiger partial charge < -0.3 is 9.30 Å². The van der Waals surface area contributed by atoms with E-state index < -0.39 is 26.6 Å². The molecule has 0 aliphatic carbocycles. The first-order valence-electron chi connectivity index (χ1n) is 10.9. The van der Waals surface area contributed by atoms with Crippen LogP contribution in [-0.4, -0.2) is 36.7 Å². The first kappa shape index (κ1) is 25.8. The molecule has 7 nitrogen and oxygen atoms in total. The number of benzene rings is 2. The zero-order valence-corrected chi connectivity index (χ0v) is 21.7. The largest absolute Gasteiger partial charge is 0.465 e. The van der Waals surface area contributed by atoms with E-state index in [0.29, 0.717) is 10.8 Å². The molecule has 0 N–H and O–H groups in total. The van der Waals surface area contributed by atoms with Gasteiger partial charge in [0.15, 0.2) is 14.6 Å². The van der Waals surface area contributed by atoms with Crippen molar-refractivity contribution in [3.05, 3.63) is 58.6 Å². The molecular weight excluding hydrogens is 476 g/mol. The number of ether oxygens (including phenoxy) is 1. The molecule has 3 aromatic rings. The van der Waals surface area contributed by atoms with Gasteiger partial charge in [-0.05, 0) is 76.1 Å². The Morgan fingerprint density at radius 3 is 2.38 bits per heavy atom. The average Bonchev–Trinajstić information content (AvgIpc) is 3.11. The summed E-state index contributed by atoms with van der Waals surface area (Å²) in [4.78, 5) is 25.9. The third-order valence-corrected chi connectivity index (χ3v) is 8.85. The molecule has 0 bridgehead atoms. The number of nitrogens with zero attached hydrogens (tertiary/aromatic N) is 2. The number of amides is 1. The van der Waals surface area contributed by atoms with Gasteiger partial charge in [-0.15, -0.1) is 0 Å². The topological polar surface area (TPSA) is 85.7 Å². The van der Waals surface area contributed by atoms with Crippen molar-refractivity contribution >= 4 is 50.5 Å². The summed E-state index contributed by atoms with van der Waals surface area (Å²) in [6.07, 6.45) is 0.744. The number of aromatic nitrogens is 1. The smallest absolute Gasteiger partial charge is 0.327 e. The summed E-state index contributed by atoms with van der Waals surface area (Å²) in [6, 6.07) is 11.5. The number of carbonyl (C=O) groups excluding carboxylic acids is 2. The van der Waals surface area contributed by atoms with Gasteiger partial charge in [-0.3, -0.25) is 14.5 Å². The highest BCUT2D eigenvalue weighted by atomic mass is 35.5. The summed E-state index contributed by atoms with van der Waals surface area (Å²) in [7, 11) is -2.12. The van der Waals surface area contributed by atoms with Gasteiger partial charge in [0, 0.05) is 12.4 Å².